The molecule has 1 aliphatic rings. The molecule has 7 heteroatoms. The van der Waals surface area contributed by atoms with Crippen LogP contribution in [0.4, 0.5) is 0 Å². The van der Waals surface area contributed by atoms with Gasteiger partial charge in [-0.05, 0) is 5.56 Å². The van der Waals surface area contributed by atoms with Crippen molar-refractivity contribution in [1.82, 2.24) is 9.78 Å². The van der Waals surface area contributed by atoms with Gasteiger partial charge in [-0.15, -0.1) is 0 Å². The maximum atomic E-state index is 12.1. The van der Waals surface area contributed by atoms with Crippen LogP contribution in [-0.2, 0) is 17.8 Å². The van der Waals surface area contributed by atoms with Crippen LogP contribution in [0.1, 0.15) is 21.5 Å². The SMILES string of the molecule is O=C(O)Cn1nc2c(c(C(=O)O)c1=O)Cc1ccccc1-2. The highest BCUT2D eigenvalue weighted by Crippen LogP contribution is 2.35. The van der Waals surface area contributed by atoms with E-state index in [1.54, 1.807) is 12.1 Å². The smallest absolute Gasteiger partial charge is 0.341 e. The number of hydrogen-bond donors (Lipinski definition) is 2. The Morgan fingerprint density at radius 2 is 1.95 bits per heavy atom. The minimum absolute atomic E-state index is 0.309. The maximum Gasteiger partial charge on any atom is 0.341 e. The van der Waals surface area contributed by atoms with Crippen LogP contribution < -0.4 is 5.56 Å². The lowest BCUT2D eigenvalue weighted by Crippen LogP contribution is -2.32. The summed E-state index contributed by atoms with van der Waals surface area (Å²) in [6.45, 7) is -0.672. The van der Waals surface area contributed by atoms with Crippen LogP contribution >= 0.6 is 0 Å². The molecule has 3 rings (SSSR count). The maximum absolute atomic E-state index is 12.1. The van der Waals surface area contributed by atoms with Gasteiger partial charge in [-0.3, -0.25) is 9.59 Å². The Hall–Kier alpha value is -2.96. The van der Waals surface area contributed by atoms with Gasteiger partial charge < -0.3 is 10.2 Å². The second-order valence-corrected chi connectivity index (χ2v) is 4.70. The van der Waals surface area contributed by atoms with Gasteiger partial charge in [0.15, 0.2) is 0 Å². The molecule has 0 saturated heterocycles. The Bertz CT molecular complexity index is 838. The van der Waals surface area contributed by atoms with Crippen LogP contribution in [-0.4, -0.2) is 31.9 Å². The molecule has 21 heavy (non-hydrogen) atoms. The van der Waals surface area contributed by atoms with Crippen molar-refractivity contribution in [1.29, 1.82) is 0 Å². The molecular formula is C14H10N2O5. The Morgan fingerprint density at radius 3 is 2.62 bits per heavy atom. The van der Waals surface area contributed by atoms with E-state index in [1.165, 1.54) is 0 Å². The summed E-state index contributed by atoms with van der Waals surface area (Å²) < 4.78 is 0.687. The largest absolute Gasteiger partial charge is 0.480 e. The van der Waals surface area contributed by atoms with Gasteiger partial charge >= 0.3 is 11.9 Å². The van der Waals surface area contributed by atoms with E-state index in [4.69, 9.17) is 5.11 Å². The highest BCUT2D eigenvalue weighted by Gasteiger charge is 2.29. The van der Waals surface area contributed by atoms with Gasteiger partial charge in [0.25, 0.3) is 5.56 Å². The quantitative estimate of drug-likeness (QED) is 0.729. The van der Waals surface area contributed by atoms with Crippen molar-refractivity contribution in [3.8, 4) is 11.3 Å². The van der Waals surface area contributed by atoms with E-state index in [0.29, 0.717) is 22.4 Å². The van der Waals surface area contributed by atoms with Crippen molar-refractivity contribution in [2.24, 2.45) is 0 Å². The lowest BCUT2D eigenvalue weighted by molar-refractivity contribution is -0.138. The Morgan fingerprint density at radius 1 is 1.24 bits per heavy atom. The molecule has 2 aromatic rings. The second kappa shape index (κ2) is 4.55. The van der Waals surface area contributed by atoms with Crippen molar-refractivity contribution in [3.63, 3.8) is 0 Å². The van der Waals surface area contributed by atoms with Crippen LogP contribution in [0.2, 0.25) is 0 Å². The summed E-state index contributed by atoms with van der Waals surface area (Å²) in [6.07, 6.45) is 0.309. The number of carbonyl (C=O) groups is 2. The zero-order valence-corrected chi connectivity index (χ0v) is 10.7. The normalized spacial score (nSPS) is 11.8. The zero-order valence-electron chi connectivity index (χ0n) is 10.7. The highest BCUT2D eigenvalue weighted by atomic mass is 16.4. The van der Waals surface area contributed by atoms with Gasteiger partial charge in [-0.25, -0.2) is 9.48 Å². The number of carboxylic acids is 2. The van der Waals surface area contributed by atoms with Gasteiger partial charge in [-0.2, -0.15) is 5.10 Å². The van der Waals surface area contributed by atoms with Crippen molar-refractivity contribution in [2.75, 3.05) is 0 Å². The number of rotatable bonds is 3. The van der Waals surface area contributed by atoms with Crippen LogP contribution in [0.3, 0.4) is 0 Å². The fraction of sp³-hybridized carbons (Fsp3) is 0.143. The first-order chi connectivity index (χ1) is 9.99. The van der Waals surface area contributed by atoms with Crippen LogP contribution in [0.15, 0.2) is 29.1 Å². The molecule has 0 unspecified atom stereocenters. The summed E-state index contributed by atoms with van der Waals surface area (Å²) in [7, 11) is 0. The van der Waals surface area contributed by atoms with Crippen molar-refractivity contribution in [3.05, 3.63) is 51.3 Å². The topological polar surface area (TPSA) is 109 Å². The van der Waals surface area contributed by atoms with E-state index in [0.717, 1.165) is 11.1 Å². The highest BCUT2D eigenvalue weighted by molar-refractivity contribution is 5.93. The third-order valence-corrected chi connectivity index (χ3v) is 3.40. The predicted octanol–water partition coefficient (Wildman–Crippen LogP) is 0.597. The molecule has 0 atom stereocenters. The van der Waals surface area contributed by atoms with Gasteiger partial charge in [0.05, 0.1) is 5.69 Å². The molecule has 0 fully saturated rings. The molecule has 0 saturated carbocycles. The lowest BCUT2D eigenvalue weighted by atomic mass is 10.1. The first kappa shape index (κ1) is 13.0. The van der Waals surface area contributed by atoms with E-state index < -0.39 is 29.6 Å². The van der Waals surface area contributed by atoms with Crippen molar-refractivity contribution >= 4 is 11.9 Å². The number of aromatic carboxylic acids is 1. The summed E-state index contributed by atoms with van der Waals surface area (Å²) in [5.74, 6) is -2.63. The summed E-state index contributed by atoms with van der Waals surface area (Å²) >= 11 is 0. The molecule has 0 bridgehead atoms. The number of nitrogens with zero attached hydrogens (tertiary/aromatic N) is 2. The number of hydrogen-bond acceptors (Lipinski definition) is 4. The number of aliphatic carboxylic acids is 1. The van der Waals surface area contributed by atoms with E-state index in [-0.39, 0.29) is 0 Å². The van der Waals surface area contributed by atoms with Crippen LogP contribution in [0.25, 0.3) is 11.3 Å². The molecule has 1 heterocycles. The Balaban J connectivity index is 2.32. The Kier molecular flexibility index (Phi) is 2.83. The summed E-state index contributed by atoms with van der Waals surface area (Å²) in [5, 5.41) is 22.1. The van der Waals surface area contributed by atoms with Gasteiger partial charge in [0, 0.05) is 17.5 Å². The molecule has 1 aliphatic carbocycles. The Labute approximate surface area is 118 Å². The molecule has 0 spiro atoms. The summed E-state index contributed by atoms with van der Waals surface area (Å²) in [6, 6.07) is 7.20. The van der Waals surface area contributed by atoms with E-state index in [2.05, 4.69) is 5.10 Å². The number of carboxylic acid groups (broad SMARTS) is 2. The molecular weight excluding hydrogens is 276 g/mol. The first-order valence-corrected chi connectivity index (χ1v) is 6.16. The molecule has 106 valence electrons. The van der Waals surface area contributed by atoms with Crippen molar-refractivity contribution < 1.29 is 19.8 Å². The van der Waals surface area contributed by atoms with E-state index >= 15 is 0 Å². The monoisotopic (exact) mass is 286 g/mol. The number of fused-ring (bicyclic) bond motifs is 3. The standard InChI is InChI=1S/C14H10N2O5/c17-10(18)6-16-13(19)11(14(20)21)9-5-7-3-1-2-4-8(7)12(9)15-16/h1-4H,5-6H2,(H,17,18)(H,20,21). The van der Waals surface area contributed by atoms with Gasteiger partial charge in [0.2, 0.25) is 0 Å². The molecule has 1 aromatic carbocycles. The summed E-state index contributed by atoms with van der Waals surface area (Å²) in [5.41, 5.74) is 1.01. The molecule has 0 radical (unpaired) electrons. The predicted molar refractivity (Wildman–Crippen MR) is 71.3 cm³/mol. The van der Waals surface area contributed by atoms with Crippen molar-refractivity contribution in [2.45, 2.75) is 13.0 Å². The number of benzene rings is 1. The fourth-order valence-corrected chi connectivity index (χ4v) is 2.54. The average Bonchev–Trinajstić information content (AvgIpc) is 2.76. The molecule has 0 amide bonds. The third-order valence-electron chi connectivity index (χ3n) is 3.40. The zero-order chi connectivity index (χ0) is 15.1. The third kappa shape index (κ3) is 1.99. The van der Waals surface area contributed by atoms with Gasteiger partial charge in [0.1, 0.15) is 12.1 Å². The van der Waals surface area contributed by atoms with Crippen LogP contribution in [0, 0.1) is 0 Å². The molecule has 1 aromatic heterocycles. The minimum Gasteiger partial charge on any atom is -0.480 e. The van der Waals surface area contributed by atoms with Gasteiger partial charge in [-0.1, -0.05) is 24.3 Å². The molecule has 7 nitrogen and oxygen atoms in total. The number of aromatic nitrogens is 2. The minimum atomic E-state index is -1.37. The molecule has 0 aliphatic heterocycles. The summed E-state index contributed by atoms with van der Waals surface area (Å²) in [4.78, 5) is 34.3. The van der Waals surface area contributed by atoms with E-state index in [1.807, 2.05) is 12.1 Å². The molecule has 2 N–H and O–H groups in total. The lowest BCUT2D eigenvalue weighted by Gasteiger charge is -2.08. The van der Waals surface area contributed by atoms with E-state index in [9.17, 15) is 19.5 Å². The van der Waals surface area contributed by atoms with Crippen LogP contribution in [0.5, 0.6) is 0 Å². The second-order valence-electron chi connectivity index (χ2n) is 4.70. The average molecular weight is 286 g/mol. The first-order valence-electron chi connectivity index (χ1n) is 6.16. The fourth-order valence-electron chi connectivity index (χ4n) is 2.54.